The van der Waals surface area contributed by atoms with E-state index in [4.69, 9.17) is 12.2 Å². The zero-order valence-corrected chi connectivity index (χ0v) is 15.3. The molecule has 0 spiro atoms. The molecule has 2 aromatic rings. The van der Waals surface area contributed by atoms with Crippen LogP contribution in [-0.4, -0.2) is 33.4 Å². The summed E-state index contributed by atoms with van der Waals surface area (Å²) in [4.78, 5) is 2.08. The molecule has 0 atom stereocenters. The minimum Gasteiger partial charge on any atom is -0.362 e. The van der Waals surface area contributed by atoms with E-state index in [0.29, 0.717) is 0 Å². The number of aromatic nitrogens is 2. The third kappa shape index (κ3) is 4.55. The Balaban J connectivity index is 1.87. The minimum atomic E-state index is 0.781. The van der Waals surface area contributed by atoms with E-state index in [2.05, 4.69) is 60.4 Å². The van der Waals surface area contributed by atoms with Gasteiger partial charge in [0.25, 0.3) is 0 Å². The van der Waals surface area contributed by atoms with Crippen molar-refractivity contribution in [1.29, 1.82) is 0 Å². The number of thiocarbonyl (C=S) groups is 1. The van der Waals surface area contributed by atoms with Crippen molar-refractivity contribution in [3.63, 3.8) is 0 Å². The Bertz CT molecular complexity index is 649. The van der Waals surface area contributed by atoms with Crippen LogP contribution in [0.25, 0.3) is 0 Å². The zero-order chi connectivity index (χ0) is 16.8. The Morgan fingerprint density at radius 3 is 2.57 bits per heavy atom. The summed E-state index contributed by atoms with van der Waals surface area (Å²) in [5, 5.41) is 8.69. The molecule has 4 nitrogen and oxygen atoms in total. The smallest absolute Gasteiger partial charge is 0.168 e. The lowest BCUT2D eigenvalue weighted by Gasteiger charge is -2.21. The van der Waals surface area contributed by atoms with Gasteiger partial charge in [-0.1, -0.05) is 30.3 Å². The van der Waals surface area contributed by atoms with E-state index in [0.717, 1.165) is 36.9 Å². The molecule has 0 saturated heterocycles. The first kappa shape index (κ1) is 17.5. The Morgan fingerprint density at radius 2 is 1.96 bits per heavy atom. The molecule has 0 fully saturated rings. The minimum absolute atomic E-state index is 0.781. The maximum atomic E-state index is 5.50. The predicted molar refractivity (Wildman–Crippen MR) is 99.6 cm³/mol. The van der Waals surface area contributed by atoms with Gasteiger partial charge in [0.15, 0.2) is 5.11 Å². The molecule has 0 aliphatic heterocycles. The van der Waals surface area contributed by atoms with Crippen LogP contribution in [-0.2, 0) is 19.5 Å². The Morgan fingerprint density at radius 1 is 1.26 bits per heavy atom. The topological polar surface area (TPSA) is 33.1 Å². The van der Waals surface area contributed by atoms with Gasteiger partial charge in [-0.2, -0.15) is 5.10 Å². The van der Waals surface area contributed by atoms with Crippen molar-refractivity contribution >= 4 is 17.3 Å². The molecule has 0 aliphatic rings. The van der Waals surface area contributed by atoms with E-state index >= 15 is 0 Å². The first-order valence-corrected chi connectivity index (χ1v) is 8.49. The van der Waals surface area contributed by atoms with Crippen molar-refractivity contribution in [3.8, 4) is 0 Å². The molecule has 2 rings (SSSR count). The molecule has 1 aromatic heterocycles. The fourth-order valence-corrected chi connectivity index (χ4v) is 2.84. The van der Waals surface area contributed by atoms with E-state index < -0.39 is 0 Å². The fraction of sp³-hybridized carbons (Fsp3) is 0.444. The monoisotopic (exact) mass is 330 g/mol. The second kappa shape index (κ2) is 8.11. The number of aryl methyl sites for hydroxylation is 2. The molecule has 0 bridgehead atoms. The van der Waals surface area contributed by atoms with Crippen molar-refractivity contribution in [3.05, 3.63) is 52.8 Å². The summed E-state index contributed by atoms with van der Waals surface area (Å²) in [6, 6.07) is 10.4. The van der Waals surface area contributed by atoms with E-state index in [1.807, 2.05) is 17.8 Å². The van der Waals surface area contributed by atoms with Gasteiger partial charge in [0.05, 0.1) is 5.69 Å². The van der Waals surface area contributed by atoms with E-state index in [1.165, 1.54) is 16.8 Å². The molecular weight excluding hydrogens is 304 g/mol. The highest BCUT2D eigenvalue weighted by Gasteiger charge is 2.14. The molecule has 1 heterocycles. The van der Waals surface area contributed by atoms with Crippen LogP contribution in [0.4, 0.5) is 0 Å². The lowest BCUT2D eigenvalue weighted by molar-refractivity contribution is 0.486. The summed E-state index contributed by atoms with van der Waals surface area (Å²) in [6.07, 6.45) is 0.973. The summed E-state index contributed by atoms with van der Waals surface area (Å²) in [6.45, 7) is 8.83. The number of benzene rings is 1. The number of hydrogen-bond donors (Lipinski definition) is 1. The summed E-state index contributed by atoms with van der Waals surface area (Å²) in [7, 11) is 2.03. The summed E-state index contributed by atoms with van der Waals surface area (Å²) in [5.74, 6) is 0. The molecule has 0 amide bonds. The molecule has 0 unspecified atom stereocenters. The summed E-state index contributed by atoms with van der Waals surface area (Å²) >= 11 is 5.50. The third-order valence-electron chi connectivity index (χ3n) is 4.11. The van der Waals surface area contributed by atoms with Crippen LogP contribution in [0, 0.1) is 13.8 Å². The summed E-state index contributed by atoms with van der Waals surface area (Å²) < 4.78 is 2.05. The van der Waals surface area contributed by atoms with Gasteiger partial charge in [-0.05, 0) is 45.0 Å². The van der Waals surface area contributed by atoms with Gasteiger partial charge < -0.3 is 10.2 Å². The molecular formula is C18H26N4S. The van der Waals surface area contributed by atoms with Crippen molar-refractivity contribution in [1.82, 2.24) is 20.0 Å². The fourth-order valence-electron chi connectivity index (χ4n) is 2.67. The number of hydrogen-bond acceptors (Lipinski definition) is 2. The first-order valence-electron chi connectivity index (χ1n) is 8.08. The highest BCUT2D eigenvalue weighted by Crippen LogP contribution is 2.15. The highest BCUT2D eigenvalue weighted by atomic mass is 32.1. The van der Waals surface area contributed by atoms with Gasteiger partial charge in [-0.3, -0.25) is 4.68 Å². The quantitative estimate of drug-likeness (QED) is 0.825. The average molecular weight is 331 g/mol. The van der Waals surface area contributed by atoms with Gasteiger partial charge in [0.2, 0.25) is 0 Å². The maximum absolute atomic E-state index is 5.50. The molecule has 124 valence electrons. The summed E-state index contributed by atoms with van der Waals surface area (Å²) in [5.41, 5.74) is 4.90. The largest absolute Gasteiger partial charge is 0.362 e. The van der Waals surface area contributed by atoms with E-state index in [9.17, 15) is 0 Å². The van der Waals surface area contributed by atoms with Crippen molar-refractivity contribution in [2.24, 2.45) is 0 Å². The van der Waals surface area contributed by atoms with Crippen LogP contribution in [0.1, 0.15) is 29.4 Å². The molecule has 0 radical (unpaired) electrons. The van der Waals surface area contributed by atoms with Crippen LogP contribution < -0.4 is 5.32 Å². The Kier molecular flexibility index (Phi) is 6.16. The maximum Gasteiger partial charge on any atom is 0.168 e. The lowest BCUT2D eigenvalue weighted by Crippen LogP contribution is -2.37. The second-order valence-electron chi connectivity index (χ2n) is 5.79. The molecule has 1 N–H and O–H groups in total. The molecule has 23 heavy (non-hydrogen) atoms. The van der Waals surface area contributed by atoms with Crippen LogP contribution >= 0.6 is 12.2 Å². The van der Waals surface area contributed by atoms with Gasteiger partial charge in [0, 0.05) is 37.9 Å². The molecule has 1 aromatic carbocycles. The zero-order valence-electron chi connectivity index (χ0n) is 14.5. The molecule has 5 heteroatoms. The SMILES string of the molecule is CCn1nc(C)c(CN(C)C(=S)NCCc2ccccc2)c1C. The standard InChI is InChI=1S/C18H26N4S/c1-5-22-15(3)17(14(2)20-22)13-21(4)18(23)19-12-11-16-9-7-6-8-10-16/h6-10H,5,11-13H2,1-4H3,(H,19,23). The third-order valence-corrected chi connectivity index (χ3v) is 4.56. The van der Waals surface area contributed by atoms with E-state index in [1.54, 1.807) is 0 Å². The normalized spacial score (nSPS) is 10.6. The molecule has 0 saturated carbocycles. The second-order valence-corrected chi connectivity index (χ2v) is 6.18. The number of nitrogens with one attached hydrogen (secondary N) is 1. The first-order chi connectivity index (χ1) is 11.0. The highest BCUT2D eigenvalue weighted by molar-refractivity contribution is 7.80. The number of nitrogens with zero attached hydrogens (tertiary/aromatic N) is 3. The Labute approximate surface area is 144 Å². The van der Waals surface area contributed by atoms with Gasteiger partial charge in [-0.25, -0.2) is 0 Å². The van der Waals surface area contributed by atoms with Crippen molar-refractivity contribution in [2.45, 2.75) is 40.3 Å². The van der Waals surface area contributed by atoms with Crippen molar-refractivity contribution < 1.29 is 0 Å². The van der Waals surface area contributed by atoms with Crippen LogP contribution in [0.3, 0.4) is 0 Å². The average Bonchev–Trinajstić information content (AvgIpc) is 2.83. The van der Waals surface area contributed by atoms with Crippen LogP contribution in [0.5, 0.6) is 0 Å². The van der Waals surface area contributed by atoms with Crippen LogP contribution in [0.15, 0.2) is 30.3 Å². The lowest BCUT2D eigenvalue weighted by atomic mass is 10.1. The van der Waals surface area contributed by atoms with Gasteiger partial charge in [0.1, 0.15) is 0 Å². The predicted octanol–water partition coefficient (Wildman–Crippen LogP) is 3.07. The van der Waals surface area contributed by atoms with Gasteiger partial charge >= 0.3 is 0 Å². The number of rotatable bonds is 6. The van der Waals surface area contributed by atoms with Crippen LogP contribution in [0.2, 0.25) is 0 Å². The van der Waals surface area contributed by atoms with Gasteiger partial charge in [-0.15, -0.1) is 0 Å². The van der Waals surface area contributed by atoms with Crippen molar-refractivity contribution in [2.75, 3.05) is 13.6 Å². The Hall–Kier alpha value is -1.88. The van der Waals surface area contributed by atoms with E-state index in [-0.39, 0.29) is 0 Å². The molecule has 0 aliphatic carbocycles.